The molecule has 27 heavy (non-hydrogen) atoms. The fraction of sp³-hybridized carbons (Fsp3) is 0.125. The lowest BCUT2D eigenvalue weighted by Gasteiger charge is -2.11. The van der Waals surface area contributed by atoms with E-state index in [1.54, 1.807) is 13.0 Å². The fourth-order valence-electron chi connectivity index (χ4n) is 2.07. The molecule has 1 amide bonds. The molecule has 1 aromatic carbocycles. The van der Waals surface area contributed by atoms with Crippen molar-refractivity contribution in [3.63, 3.8) is 0 Å². The van der Waals surface area contributed by atoms with Gasteiger partial charge in [0.25, 0.3) is 5.91 Å². The molecule has 7 nitrogen and oxygen atoms in total. The predicted molar refractivity (Wildman–Crippen MR) is 91.0 cm³/mol. The largest absolute Gasteiger partial charge is 0.417 e. The predicted octanol–water partition coefficient (Wildman–Crippen LogP) is 4.44. The zero-order valence-electron chi connectivity index (χ0n) is 13.6. The quantitative estimate of drug-likeness (QED) is 0.676. The van der Waals surface area contributed by atoms with Crippen LogP contribution >= 0.6 is 11.6 Å². The summed E-state index contributed by atoms with van der Waals surface area (Å²) in [5.74, 6) is 0.486. The molecule has 0 fully saturated rings. The molecule has 0 atom stereocenters. The third-order valence-electron chi connectivity index (χ3n) is 3.31. The summed E-state index contributed by atoms with van der Waals surface area (Å²) in [6.45, 7) is 1.72. The summed E-state index contributed by atoms with van der Waals surface area (Å²) in [5, 5.41) is 8.37. The highest BCUT2D eigenvalue weighted by atomic mass is 35.5. The number of hydrogen-bond acceptors (Lipinski definition) is 6. The normalized spacial score (nSPS) is 11.3. The van der Waals surface area contributed by atoms with E-state index in [1.165, 1.54) is 18.5 Å². The molecular weight excluding hydrogens is 387 g/mol. The number of nitrogens with zero attached hydrogens (tertiary/aromatic N) is 3. The smallest absolute Gasteiger partial charge is 0.360 e. The summed E-state index contributed by atoms with van der Waals surface area (Å²) in [7, 11) is 0. The highest BCUT2D eigenvalue weighted by Crippen LogP contribution is 2.36. The topological polar surface area (TPSA) is 92.9 Å². The van der Waals surface area contributed by atoms with Crippen molar-refractivity contribution in [2.24, 2.45) is 0 Å². The van der Waals surface area contributed by atoms with Gasteiger partial charge in [-0.2, -0.15) is 13.2 Å². The van der Waals surface area contributed by atoms with Gasteiger partial charge in [-0.05, 0) is 25.1 Å². The summed E-state index contributed by atoms with van der Waals surface area (Å²) < 4.78 is 43.5. The van der Waals surface area contributed by atoms with E-state index < -0.39 is 22.7 Å². The van der Waals surface area contributed by atoms with E-state index in [9.17, 15) is 18.0 Å². The Morgan fingerprint density at radius 1 is 1.19 bits per heavy atom. The van der Waals surface area contributed by atoms with Crippen LogP contribution in [0.1, 0.15) is 21.7 Å². The standard InChI is InChI=1S/C16H11ClF3N5O2/c1-8-4-13(25-27-8)24-15-21-6-9(7-22-15)14(26)23-10-2-3-12(17)11(5-10)16(18,19)20/h2-7H,1H3,(H,23,26)(H,21,22,24,25). The van der Waals surface area contributed by atoms with Crippen LogP contribution in [-0.2, 0) is 6.18 Å². The SMILES string of the molecule is Cc1cc(Nc2ncc(C(=O)Nc3ccc(Cl)c(C(F)(F)F)c3)cn2)no1. The van der Waals surface area contributed by atoms with Crippen LogP contribution in [0, 0.1) is 6.92 Å². The van der Waals surface area contributed by atoms with Gasteiger partial charge >= 0.3 is 6.18 Å². The number of benzene rings is 1. The zero-order chi connectivity index (χ0) is 19.6. The lowest BCUT2D eigenvalue weighted by atomic mass is 10.2. The van der Waals surface area contributed by atoms with E-state index in [2.05, 4.69) is 25.8 Å². The first kappa shape index (κ1) is 18.6. The number of carbonyl (C=O) groups is 1. The third kappa shape index (κ3) is 4.53. The Balaban J connectivity index is 1.71. The number of hydrogen-bond donors (Lipinski definition) is 2. The van der Waals surface area contributed by atoms with E-state index in [4.69, 9.17) is 16.1 Å². The Kier molecular flexibility index (Phi) is 5.00. The van der Waals surface area contributed by atoms with E-state index in [0.717, 1.165) is 12.1 Å². The molecule has 0 radical (unpaired) electrons. The van der Waals surface area contributed by atoms with Gasteiger partial charge in [-0.25, -0.2) is 9.97 Å². The van der Waals surface area contributed by atoms with Gasteiger partial charge in [0.2, 0.25) is 5.95 Å². The van der Waals surface area contributed by atoms with Crippen LogP contribution in [-0.4, -0.2) is 21.0 Å². The molecule has 3 rings (SSSR count). The maximum atomic E-state index is 12.9. The number of aromatic nitrogens is 3. The highest BCUT2D eigenvalue weighted by Gasteiger charge is 2.33. The number of anilines is 3. The van der Waals surface area contributed by atoms with E-state index in [1.807, 2.05) is 0 Å². The van der Waals surface area contributed by atoms with Crippen LogP contribution in [0.15, 0.2) is 41.2 Å². The molecule has 0 unspecified atom stereocenters. The van der Waals surface area contributed by atoms with Gasteiger partial charge < -0.3 is 15.2 Å². The van der Waals surface area contributed by atoms with Gasteiger partial charge in [-0.15, -0.1) is 0 Å². The van der Waals surface area contributed by atoms with Crippen LogP contribution in [0.2, 0.25) is 5.02 Å². The molecular formula is C16H11ClF3N5O2. The van der Waals surface area contributed by atoms with Gasteiger partial charge in [0, 0.05) is 24.1 Å². The van der Waals surface area contributed by atoms with Gasteiger partial charge in [0.15, 0.2) is 5.82 Å². The van der Waals surface area contributed by atoms with Gasteiger partial charge in [-0.3, -0.25) is 4.79 Å². The summed E-state index contributed by atoms with van der Waals surface area (Å²) in [5.41, 5.74) is -1.04. The minimum absolute atomic E-state index is 0.0559. The first-order valence-electron chi connectivity index (χ1n) is 7.43. The molecule has 2 heterocycles. The van der Waals surface area contributed by atoms with Gasteiger partial charge in [-0.1, -0.05) is 16.8 Å². The summed E-state index contributed by atoms with van der Waals surface area (Å²) in [6.07, 6.45) is -2.19. The van der Waals surface area contributed by atoms with Gasteiger partial charge in [0.05, 0.1) is 16.1 Å². The number of nitrogens with one attached hydrogen (secondary N) is 2. The van der Waals surface area contributed by atoms with Crippen molar-refractivity contribution in [2.45, 2.75) is 13.1 Å². The lowest BCUT2D eigenvalue weighted by molar-refractivity contribution is -0.137. The number of amides is 1. The second kappa shape index (κ2) is 7.23. The molecule has 0 aliphatic rings. The van der Waals surface area contributed by atoms with Crippen molar-refractivity contribution >= 4 is 35.0 Å². The number of carbonyl (C=O) groups excluding carboxylic acids is 1. The van der Waals surface area contributed by atoms with E-state index in [-0.39, 0.29) is 17.2 Å². The molecule has 2 N–H and O–H groups in total. The number of aryl methyl sites for hydroxylation is 1. The molecule has 3 aromatic rings. The van der Waals surface area contributed by atoms with Crippen molar-refractivity contribution in [1.82, 2.24) is 15.1 Å². The van der Waals surface area contributed by atoms with Crippen molar-refractivity contribution in [1.29, 1.82) is 0 Å². The summed E-state index contributed by atoms with van der Waals surface area (Å²) in [4.78, 5) is 20.1. The van der Waals surface area contributed by atoms with Crippen LogP contribution in [0.5, 0.6) is 0 Å². The van der Waals surface area contributed by atoms with Crippen molar-refractivity contribution in [2.75, 3.05) is 10.6 Å². The average Bonchev–Trinajstić information content (AvgIpc) is 3.01. The van der Waals surface area contributed by atoms with E-state index >= 15 is 0 Å². The van der Waals surface area contributed by atoms with Crippen molar-refractivity contribution in [3.8, 4) is 0 Å². The van der Waals surface area contributed by atoms with Crippen LogP contribution < -0.4 is 10.6 Å². The number of halogens is 4. The second-order valence-electron chi connectivity index (χ2n) is 5.39. The maximum Gasteiger partial charge on any atom is 0.417 e. The Morgan fingerprint density at radius 3 is 2.48 bits per heavy atom. The average molecular weight is 398 g/mol. The van der Waals surface area contributed by atoms with Gasteiger partial charge in [0.1, 0.15) is 5.76 Å². The van der Waals surface area contributed by atoms with E-state index in [0.29, 0.717) is 11.6 Å². The summed E-state index contributed by atoms with van der Waals surface area (Å²) >= 11 is 5.55. The molecule has 0 aliphatic carbocycles. The molecule has 0 spiro atoms. The molecule has 140 valence electrons. The minimum Gasteiger partial charge on any atom is -0.360 e. The molecule has 0 saturated carbocycles. The maximum absolute atomic E-state index is 12.9. The van der Waals surface area contributed by atoms with Crippen molar-refractivity contribution in [3.05, 3.63) is 58.6 Å². The zero-order valence-corrected chi connectivity index (χ0v) is 14.4. The third-order valence-corrected chi connectivity index (χ3v) is 3.64. The second-order valence-corrected chi connectivity index (χ2v) is 5.80. The molecule has 0 bridgehead atoms. The van der Waals surface area contributed by atoms with Crippen LogP contribution in [0.3, 0.4) is 0 Å². The Morgan fingerprint density at radius 2 is 1.89 bits per heavy atom. The fourth-order valence-corrected chi connectivity index (χ4v) is 2.30. The summed E-state index contributed by atoms with van der Waals surface area (Å²) in [6, 6.07) is 4.70. The molecule has 11 heteroatoms. The Hall–Kier alpha value is -3.14. The minimum atomic E-state index is -4.63. The Labute approximate surface area is 155 Å². The number of rotatable bonds is 4. The lowest BCUT2D eigenvalue weighted by Crippen LogP contribution is -2.14. The first-order valence-corrected chi connectivity index (χ1v) is 7.80. The van der Waals surface area contributed by atoms with Crippen LogP contribution in [0.4, 0.5) is 30.6 Å². The van der Waals surface area contributed by atoms with Crippen LogP contribution in [0.25, 0.3) is 0 Å². The Bertz CT molecular complexity index is 973. The van der Waals surface area contributed by atoms with Crippen molar-refractivity contribution < 1.29 is 22.5 Å². The molecule has 0 saturated heterocycles. The highest BCUT2D eigenvalue weighted by molar-refractivity contribution is 6.31. The first-order chi connectivity index (χ1) is 12.7. The molecule has 2 aromatic heterocycles. The molecule has 0 aliphatic heterocycles. The number of alkyl halides is 3. The monoisotopic (exact) mass is 397 g/mol.